The third-order valence-corrected chi connectivity index (χ3v) is 9.50. The third kappa shape index (κ3) is 9.56. The van der Waals surface area contributed by atoms with Crippen molar-refractivity contribution < 1.29 is 30.0 Å². The van der Waals surface area contributed by atoms with E-state index in [1.165, 1.54) is 40.5 Å². The standard InChI is InChI=1S/2C19H12NS.C5H8O2.Ir/c2*1-2-6-14(7-3-1)16-10-11-17(20-13-16)19-12-15-8-4-5-9-18(15)21-19;1-4(6)3-5(2)7;/h2*1-11,13H;3,6H,1-2H3;/q2*-1;;/p+1/b;;4-3-;. The molecule has 0 spiro atoms. The van der Waals surface area contributed by atoms with Crippen molar-refractivity contribution in [3.63, 3.8) is 0 Å². The summed E-state index contributed by atoms with van der Waals surface area (Å²) in [5.41, 5.74) is 6.63. The molecule has 1 radical (unpaired) electrons. The molecule has 0 aliphatic heterocycles. The second kappa shape index (κ2) is 17.6. The van der Waals surface area contributed by atoms with Crippen molar-refractivity contribution in [1.82, 2.24) is 9.97 Å². The van der Waals surface area contributed by atoms with E-state index in [9.17, 15) is 0 Å². The maximum absolute atomic E-state index is 8.40. The summed E-state index contributed by atoms with van der Waals surface area (Å²) < 4.78 is 2.50. The van der Waals surface area contributed by atoms with E-state index < -0.39 is 0 Å². The minimum absolute atomic E-state index is 0. The first-order chi connectivity index (χ1) is 23.9. The van der Waals surface area contributed by atoms with Crippen LogP contribution in [0.15, 0.2) is 158 Å². The first-order valence-electron chi connectivity index (χ1n) is 15.7. The van der Waals surface area contributed by atoms with Gasteiger partial charge in [-0.15, -0.1) is 47.2 Å². The van der Waals surface area contributed by atoms with E-state index in [0.717, 1.165) is 43.0 Å². The monoisotopic (exact) mass is 866 g/mol. The van der Waals surface area contributed by atoms with Crippen LogP contribution in [0.3, 0.4) is 0 Å². The Bertz CT molecular complexity index is 2090. The molecule has 7 heteroatoms. The molecule has 0 aliphatic carbocycles. The molecule has 0 atom stereocenters. The van der Waals surface area contributed by atoms with Gasteiger partial charge in [-0.1, -0.05) is 109 Å². The van der Waals surface area contributed by atoms with Crippen LogP contribution in [-0.4, -0.2) is 25.7 Å². The molecular formula is C43H33IrN2O2S2-. The zero-order chi connectivity index (χ0) is 34.0. The van der Waals surface area contributed by atoms with Gasteiger partial charge in [-0.05, 0) is 48.3 Å². The summed E-state index contributed by atoms with van der Waals surface area (Å²) in [6, 6.07) is 52.5. The van der Waals surface area contributed by atoms with Crippen LogP contribution in [0.2, 0.25) is 0 Å². The van der Waals surface area contributed by atoms with Crippen LogP contribution in [0.4, 0.5) is 0 Å². The Kier molecular flexibility index (Phi) is 12.7. The number of benzene rings is 4. The molecule has 8 rings (SSSR count). The Labute approximate surface area is 313 Å². The van der Waals surface area contributed by atoms with E-state index >= 15 is 0 Å². The Balaban J connectivity index is 0.000000162. The summed E-state index contributed by atoms with van der Waals surface area (Å²) in [7, 11) is 0. The number of thiophene rings is 2. The largest absolute Gasteiger partial charge is 0.512 e. The van der Waals surface area contributed by atoms with Gasteiger partial charge in [-0.2, -0.15) is 0 Å². The van der Waals surface area contributed by atoms with Crippen LogP contribution in [-0.2, 0) is 20.1 Å². The number of aromatic nitrogens is 2. The van der Waals surface area contributed by atoms with Gasteiger partial charge in [0.15, 0.2) is 0 Å². The van der Waals surface area contributed by atoms with Crippen molar-refractivity contribution in [3.05, 3.63) is 170 Å². The zero-order valence-electron chi connectivity index (χ0n) is 27.4. The number of ketones is 1. The molecule has 0 saturated carbocycles. The van der Waals surface area contributed by atoms with Gasteiger partial charge < -0.3 is 15.1 Å². The van der Waals surface area contributed by atoms with E-state index in [4.69, 9.17) is 9.90 Å². The van der Waals surface area contributed by atoms with Crippen molar-refractivity contribution in [2.75, 3.05) is 0 Å². The van der Waals surface area contributed by atoms with Gasteiger partial charge >= 0.3 is 5.78 Å². The van der Waals surface area contributed by atoms with Crippen LogP contribution in [0.5, 0.6) is 0 Å². The predicted molar refractivity (Wildman–Crippen MR) is 208 cm³/mol. The maximum Gasteiger partial charge on any atom is 0.316 e. The summed E-state index contributed by atoms with van der Waals surface area (Å²) >= 11 is 3.47. The van der Waals surface area contributed by atoms with Crippen molar-refractivity contribution >= 4 is 48.6 Å². The molecule has 4 nitrogen and oxygen atoms in total. The fourth-order valence-electron chi connectivity index (χ4n) is 5.03. The number of allylic oxidation sites excluding steroid dienone is 2. The van der Waals surface area contributed by atoms with E-state index in [0.29, 0.717) is 0 Å². The Morgan fingerprint density at radius 3 is 1.28 bits per heavy atom. The average molecular weight is 866 g/mol. The van der Waals surface area contributed by atoms with E-state index in [1.807, 2.05) is 60.9 Å². The van der Waals surface area contributed by atoms with Crippen molar-refractivity contribution in [3.8, 4) is 43.4 Å². The van der Waals surface area contributed by atoms with Gasteiger partial charge in [-0.25, -0.2) is 22.7 Å². The molecular weight excluding hydrogens is 833 g/mol. The maximum atomic E-state index is 8.40. The number of hydrogen-bond donors (Lipinski definition) is 1. The van der Waals surface area contributed by atoms with Gasteiger partial charge in [-0.3, -0.25) is 4.79 Å². The van der Waals surface area contributed by atoms with Crippen molar-refractivity contribution in [2.24, 2.45) is 0 Å². The number of nitrogens with zero attached hydrogens (tertiary/aromatic N) is 2. The van der Waals surface area contributed by atoms with Crippen LogP contribution in [0.25, 0.3) is 63.6 Å². The zero-order valence-corrected chi connectivity index (χ0v) is 31.4. The van der Waals surface area contributed by atoms with Crippen molar-refractivity contribution in [2.45, 2.75) is 13.8 Å². The molecule has 4 aromatic heterocycles. The Morgan fingerprint density at radius 1 is 0.560 bits per heavy atom. The number of rotatable bonds is 5. The van der Waals surface area contributed by atoms with Crippen LogP contribution in [0.1, 0.15) is 13.8 Å². The fourth-order valence-corrected chi connectivity index (χ4v) is 6.99. The van der Waals surface area contributed by atoms with Crippen LogP contribution < -0.4 is 0 Å². The van der Waals surface area contributed by atoms with Gasteiger partial charge in [0.2, 0.25) is 0 Å². The third-order valence-electron chi connectivity index (χ3n) is 7.32. The summed E-state index contributed by atoms with van der Waals surface area (Å²) in [6.07, 6.45) is 5.14. The second-order valence-corrected chi connectivity index (χ2v) is 13.2. The number of aliphatic hydroxyl groups is 1. The first-order valence-corrected chi connectivity index (χ1v) is 17.3. The molecule has 8 aromatic rings. The number of aliphatic hydroxyl groups excluding tert-OH is 1. The molecule has 249 valence electrons. The number of pyridine rings is 2. The number of carbonyl (C=O) groups excluding carboxylic acids is 1. The first kappa shape index (κ1) is 36.2. The van der Waals surface area contributed by atoms with Gasteiger partial charge in [0, 0.05) is 43.9 Å². The topological polar surface area (TPSA) is 67.4 Å². The van der Waals surface area contributed by atoms with Crippen LogP contribution >= 0.6 is 22.7 Å². The molecule has 0 amide bonds. The van der Waals surface area contributed by atoms with Gasteiger partial charge in [0.25, 0.3) is 0 Å². The van der Waals surface area contributed by atoms with E-state index in [1.54, 1.807) is 22.7 Å². The summed E-state index contributed by atoms with van der Waals surface area (Å²) in [4.78, 5) is 19.8. The molecule has 0 fully saturated rings. The fraction of sp³-hybridized carbons (Fsp3) is 0.0465. The average Bonchev–Trinajstić information content (AvgIpc) is 3.78. The Morgan fingerprint density at radius 2 is 0.960 bits per heavy atom. The summed E-state index contributed by atoms with van der Waals surface area (Å²) in [6.45, 7) is 3.00. The minimum atomic E-state index is 0. The molecule has 0 aliphatic rings. The van der Waals surface area contributed by atoms with Crippen LogP contribution in [0, 0.1) is 12.1 Å². The molecule has 0 bridgehead atoms. The molecule has 50 heavy (non-hydrogen) atoms. The quantitative estimate of drug-likeness (QED) is 0.0811. The molecule has 2 N–H and O–H groups in total. The Hall–Kier alpha value is -5.04. The molecule has 0 saturated heterocycles. The van der Waals surface area contributed by atoms with E-state index in [2.05, 4.69) is 107 Å². The van der Waals surface area contributed by atoms with Crippen molar-refractivity contribution in [1.29, 1.82) is 0 Å². The number of fused-ring (bicyclic) bond motifs is 2. The van der Waals surface area contributed by atoms with E-state index in [-0.39, 0.29) is 31.6 Å². The van der Waals surface area contributed by atoms with Gasteiger partial charge in [0.1, 0.15) is 0 Å². The minimum Gasteiger partial charge on any atom is -0.512 e. The molecule has 4 heterocycles. The smallest absolute Gasteiger partial charge is 0.316 e. The molecule has 0 unspecified atom stereocenters. The number of hydrogen-bond acceptors (Lipinski definition) is 5. The summed E-state index contributed by atoms with van der Waals surface area (Å²) in [5.74, 6) is 0.250. The normalized spacial score (nSPS) is 10.7. The second-order valence-electron chi connectivity index (χ2n) is 11.1. The summed E-state index contributed by atoms with van der Waals surface area (Å²) in [5, 5.41) is 10.7. The predicted octanol–water partition coefficient (Wildman–Crippen LogP) is 11.9. The molecule has 4 aromatic carbocycles. The SMILES string of the molecule is CC(=[OH+])/C=C(/C)O.[Ir].[c-]1c(-c2ccc(-c3ccccc3)cn2)sc2ccccc12.[c-]1c(-c2ccc(-c3ccccc3)cn2)sc2ccccc12. The van der Waals surface area contributed by atoms with Gasteiger partial charge in [0.05, 0.1) is 18.8 Å².